The van der Waals surface area contributed by atoms with Gasteiger partial charge in [0.2, 0.25) is 11.8 Å². The first kappa shape index (κ1) is 30.1. The second-order valence-electron chi connectivity index (χ2n) is 13.1. The number of esters is 1. The van der Waals surface area contributed by atoms with Gasteiger partial charge in [0, 0.05) is 50.3 Å². The molecular formula is C32H46N2O7. The Hall–Kier alpha value is -2.33. The van der Waals surface area contributed by atoms with Gasteiger partial charge in [-0.25, -0.2) is 9.69 Å². The normalized spacial score (nSPS) is 36.0. The van der Waals surface area contributed by atoms with Gasteiger partial charge in [0.1, 0.15) is 6.61 Å². The molecule has 0 spiro atoms. The molecule has 1 aromatic carbocycles. The van der Waals surface area contributed by atoms with E-state index >= 15 is 0 Å². The number of aliphatic hydroxyl groups is 2. The number of amides is 2. The van der Waals surface area contributed by atoms with Gasteiger partial charge in [-0.2, -0.15) is 0 Å². The van der Waals surface area contributed by atoms with Crippen molar-refractivity contribution in [1.29, 1.82) is 0 Å². The molecule has 2 heterocycles. The molecule has 2 bridgehead atoms. The Bertz CT molecular complexity index is 1160. The van der Waals surface area contributed by atoms with Crippen LogP contribution >= 0.6 is 0 Å². The SMILES string of the molecule is CCN1C[C@H]2CCC[C@](COC(=O)c3ccccc3N3C(=O)CC(C)C3=O)(C1)C2(O)CC[C@]1(O)CCC[C@@H](OC)C1. The molecule has 2 N–H and O–H groups in total. The predicted molar refractivity (Wildman–Crippen MR) is 153 cm³/mol. The van der Waals surface area contributed by atoms with Gasteiger partial charge in [-0.3, -0.25) is 9.59 Å². The fourth-order valence-electron chi connectivity index (χ4n) is 8.09. The van der Waals surface area contributed by atoms with Gasteiger partial charge in [-0.15, -0.1) is 0 Å². The maximum atomic E-state index is 13.6. The van der Waals surface area contributed by atoms with Crippen LogP contribution < -0.4 is 4.90 Å². The average Bonchev–Trinajstić information content (AvgIpc) is 3.21. The molecule has 5 rings (SSSR count). The number of imide groups is 1. The van der Waals surface area contributed by atoms with Crippen molar-refractivity contribution in [3.05, 3.63) is 29.8 Å². The molecule has 0 radical (unpaired) electrons. The van der Waals surface area contributed by atoms with Crippen LogP contribution in [0.5, 0.6) is 0 Å². The van der Waals surface area contributed by atoms with E-state index < -0.39 is 28.5 Å². The molecule has 4 aliphatic rings. The molecule has 2 saturated carbocycles. The lowest BCUT2D eigenvalue weighted by atomic mass is 9.54. The zero-order chi connectivity index (χ0) is 29.4. The number of methoxy groups -OCH3 is 1. The lowest BCUT2D eigenvalue weighted by Gasteiger charge is -2.60. The molecule has 4 fully saturated rings. The summed E-state index contributed by atoms with van der Waals surface area (Å²) >= 11 is 0. The third-order valence-corrected chi connectivity index (χ3v) is 10.6. The number of carbonyl (C=O) groups is 3. The Morgan fingerprint density at radius 2 is 1.85 bits per heavy atom. The number of anilines is 1. The van der Waals surface area contributed by atoms with Crippen LogP contribution in [0, 0.1) is 17.3 Å². The molecule has 0 aromatic heterocycles. The van der Waals surface area contributed by atoms with E-state index in [1.54, 1.807) is 38.3 Å². The first-order chi connectivity index (χ1) is 19.5. The van der Waals surface area contributed by atoms with Crippen LogP contribution in [0.15, 0.2) is 24.3 Å². The van der Waals surface area contributed by atoms with Crippen LogP contribution in [-0.4, -0.2) is 83.6 Å². The Morgan fingerprint density at radius 3 is 2.56 bits per heavy atom. The van der Waals surface area contributed by atoms with Gasteiger partial charge in [0.15, 0.2) is 0 Å². The van der Waals surface area contributed by atoms with E-state index in [0.717, 1.165) is 43.7 Å². The van der Waals surface area contributed by atoms with Gasteiger partial charge in [-0.1, -0.05) is 32.4 Å². The number of nitrogens with zero attached hydrogens (tertiary/aromatic N) is 2. The number of ether oxygens (including phenoxy) is 2. The number of piperidine rings is 1. The molecule has 2 aliphatic carbocycles. The van der Waals surface area contributed by atoms with Gasteiger partial charge >= 0.3 is 5.97 Å². The van der Waals surface area contributed by atoms with Crippen molar-refractivity contribution in [1.82, 2.24) is 4.90 Å². The maximum Gasteiger partial charge on any atom is 0.340 e. The van der Waals surface area contributed by atoms with E-state index in [-0.39, 0.29) is 48.1 Å². The smallest absolute Gasteiger partial charge is 0.340 e. The van der Waals surface area contributed by atoms with Crippen LogP contribution in [0.4, 0.5) is 5.69 Å². The molecule has 9 heteroatoms. The lowest BCUT2D eigenvalue weighted by Crippen LogP contribution is -2.68. The van der Waals surface area contributed by atoms with Crippen LogP contribution in [0.25, 0.3) is 0 Å². The Morgan fingerprint density at radius 1 is 1.10 bits per heavy atom. The van der Waals surface area contributed by atoms with E-state index in [4.69, 9.17) is 9.47 Å². The summed E-state index contributed by atoms with van der Waals surface area (Å²) in [6.45, 7) is 6.06. The number of hydrogen-bond acceptors (Lipinski definition) is 8. The van der Waals surface area contributed by atoms with E-state index in [2.05, 4.69) is 11.8 Å². The van der Waals surface area contributed by atoms with Gasteiger partial charge < -0.3 is 24.6 Å². The summed E-state index contributed by atoms with van der Waals surface area (Å²) in [4.78, 5) is 42.4. The van der Waals surface area contributed by atoms with Crippen molar-refractivity contribution in [3.63, 3.8) is 0 Å². The molecule has 2 unspecified atom stereocenters. The minimum absolute atomic E-state index is 0.0164. The summed E-state index contributed by atoms with van der Waals surface area (Å²) in [6.07, 6.45) is 6.68. The van der Waals surface area contributed by atoms with Crippen LogP contribution in [0.1, 0.15) is 88.4 Å². The zero-order valence-corrected chi connectivity index (χ0v) is 24.8. The zero-order valence-electron chi connectivity index (χ0n) is 24.8. The highest BCUT2D eigenvalue weighted by atomic mass is 16.5. The van der Waals surface area contributed by atoms with E-state index in [0.29, 0.717) is 38.6 Å². The minimum Gasteiger partial charge on any atom is -0.461 e. The number of likely N-dealkylation sites (tertiary alicyclic amines) is 1. The second-order valence-corrected chi connectivity index (χ2v) is 13.1. The highest BCUT2D eigenvalue weighted by molar-refractivity contribution is 6.22. The first-order valence-corrected chi connectivity index (χ1v) is 15.4. The first-order valence-electron chi connectivity index (χ1n) is 15.4. The number of rotatable bonds is 9. The summed E-state index contributed by atoms with van der Waals surface area (Å²) in [5, 5.41) is 24.0. The highest BCUT2D eigenvalue weighted by Crippen LogP contribution is 2.55. The molecular weight excluding hydrogens is 524 g/mol. The lowest BCUT2D eigenvalue weighted by molar-refractivity contribution is -0.220. The third-order valence-electron chi connectivity index (χ3n) is 10.6. The maximum absolute atomic E-state index is 13.6. The molecule has 41 heavy (non-hydrogen) atoms. The number of benzene rings is 1. The van der Waals surface area contributed by atoms with Crippen molar-refractivity contribution in [2.75, 3.05) is 38.3 Å². The van der Waals surface area contributed by atoms with E-state index in [9.17, 15) is 24.6 Å². The monoisotopic (exact) mass is 570 g/mol. The summed E-state index contributed by atoms with van der Waals surface area (Å²) in [7, 11) is 1.69. The van der Waals surface area contributed by atoms with Crippen molar-refractivity contribution >= 4 is 23.5 Å². The molecule has 1 aromatic rings. The molecule has 2 aliphatic heterocycles. The van der Waals surface area contributed by atoms with Crippen molar-refractivity contribution in [2.45, 2.75) is 95.4 Å². The fourth-order valence-corrected chi connectivity index (χ4v) is 8.09. The standard InChI is InChI=1S/C32H46N2O7/c1-4-33-19-23-9-7-13-30(20-33,32(23,39)16-15-31(38)14-8-10-24(18-31)40-3)21-41-29(37)25-11-5-6-12-26(25)34-27(35)17-22(2)28(34)36/h5-6,11-12,22-24,38-39H,4,7-10,13-21H2,1-3H3/t22?,23-,24-,30-,31-,32?/m1/s1. The molecule has 2 saturated heterocycles. The van der Waals surface area contributed by atoms with E-state index in [1.165, 1.54) is 0 Å². The summed E-state index contributed by atoms with van der Waals surface area (Å²) in [5.41, 5.74) is -2.25. The number of fused-ring (bicyclic) bond motifs is 2. The average molecular weight is 571 g/mol. The van der Waals surface area contributed by atoms with Crippen LogP contribution in [-0.2, 0) is 19.1 Å². The summed E-state index contributed by atoms with van der Waals surface area (Å²) < 4.78 is 11.6. The van der Waals surface area contributed by atoms with Gasteiger partial charge in [0.05, 0.1) is 28.6 Å². The van der Waals surface area contributed by atoms with Gasteiger partial charge in [0.25, 0.3) is 0 Å². The Labute approximate surface area is 243 Å². The fraction of sp³-hybridized carbons (Fsp3) is 0.719. The highest BCUT2D eigenvalue weighted by Gasteiger charge is 2.61. The largest absolute Gasteiger partial charge is 0.461 e. The second kappa shape index (κ2) is 11.7. The number of carbonyl (C=O) groups excluding carboxylic acids is 3. The van der Waals surface area contributed by atoms with Crippen molar-refractivity contribution in [3.8, 4) is 0 Å². The number of para-hydroxylation sites is 1. The minimum atomic E-state index is -1.09. The Balaban J connectivity index is 1.38. The van der Waals surface area contributed by atoms with Crippen molar-refractivity contribution in [2.24, 2.45) is 17.3 Å². The quantitative estimate of drug-likeness (QED) is 0.341. The van der Waals surface area contributed by atoms with E-state index in [1.807, 2.05) is 0 Å². The van der Waals surface area contributed by atoms with Crippen molar-refractivity contribution < 1.29 is 34.1 Å². The summed E-state index contributed by atoms with van der Waals surface area (Å²) in [5.74, 6) is -1.67. The molecule has 9 nitrogen and oxygen atoms in total. The molecule has 226 valence electrons. The van der Waals surface area contributed by atoms with Crippen LogP contribution in [0.3, 0.4) is 0 Å². The topological polar surface area (TPSA) is 117 Å². The molecule has 2 amide bonds. The molecule has 6 atom stereocenters. The van der Waals surface area contributed by atoms with Crippen LogP contribution in [0.2, 0.25) is 0 Å². The number of hydrogen-bond donors (Lipinski definition) is 2. The third kappa shape index (κ3) is 5.58. The van der Waals surface area contributed by atoms with Gasteiger partial charge in [-0.05, 0) is 63.6 Å². The summed E-state index contributed by atoms with van der Waals surface area (Å²) in [6, 6.07) is 6.58. The Kier molecular flexibility index (Phi) is 8.63. The predicted octanol–water partition coefficient (Wildman–Crippen LogP) is 3.70.